The van der Waals surface area contributed by atoms with Crippen molar-refractivity contribution in [3.63, 3.8) is 0 Å². The fourth-order valence-corrected chi connectivity index (χ4v) is 1.52. The summed E-state index contributed by atoms with van der Waals surface area (Å²) in [6.45, 7) is 8.77. The van der Waals surface area contributed by atoms with E-state index in [9.17, 15) is 4.79 Å². The molecule has 0 aromatic heterocycles. The number of hydrogen-bond donors (Lipinski definition) is 1. The van der Waals surface area contributed by atoms with Crippen molar-refractivity contribution in [3.05, 3.63) is 0 Å². The zero-order valence-corrected chi connectivity index (χ0v) is 10.5. The Morgan fingerprint density at radius 3 is 2.33 bits per heavy atom. The fraction of sp³-hybridized carbons (Fsp3) is 0.917. The summed E-state index contributed by atoms with van der Waals surface area (Å²) in [6.07, 6.45) is 2.34. The molecule has 2 N–H and O–H groups in total. The molecule has 0 aromatic rings. The van der Waals surface area contributed by atoms with Crippen LogP contribution in [0.4, 0.5) is 0 Å². The van der Waals surface area contributed by atoms with Crippen molar-refractivity contribution < 1.29 is 9.53 Å². The first-order valence-corrected chi connectivity index (χ1v) is 5.89. The minimum Gasteiger partial charge on any atom is -0.463 e. The Balaban J connectivity index is 3.90. The van der Waals surface area contributed by atoms with Gasteiger partial charge in [-0.1, -0.05) is 20.8 Å². The van der Waals surface area contributed by atoms with E-state index in [-0.39, 0.29) is 18.0 Å². The fourth-order valence-electron chi connectivity index (χ4n) is 1.52. The predicted octanol–water partition coefficient (Wildman–Crippen LogP) is 2.34. The third kappa shape index (κ3) is 7.37. The third-order valence-electron chi connectivity index (χ3n) is 2.50. The first-order valence-electron chi connectivity index (χ1n) is 5.89. The molecule has 3 nitrogen and oxygen atoms in total. The van der Waals surface area contributed by atoms with Crippen LogP contribution in [0.1, 0.15) is 47.0 Å². The van der Waals surface area contributed by atoms with Gasteiger partial charge in [-0.15, -0.1) is 0 Å². The van der Waals surface area contributed by atoms with E-state index in [0.29, 0.717) is 18.9 Å². The molecule has 0 aliphatic rings. The summed E-state index contributed by atoms with van der Waals surface area (Å²) in [5.74, 6) is 0.733. The standard InChI is InChI=1S/C12H25NO2/c1-5-10(4)15-12(14)7-11(8-13)6-9(2)3/h9-11H,5-8,13H2,1-4H3. The Labute approximate surface area is 93.4 Å². The first-order chi connectivity index (χ1) is 6.99. The van der Waals surface area contributed by atoms with Crippen LogP contribution in [0, 0.1) is 11.8 Å². The molecular weight excluding hydrogens is 190 g/mol. The van der Waals surface area contributed by atoms with Crippen LogP contribution < -0.4 is 5.73 Å². The largest absolute Gasteiger partial charge is 0.463 e. The smallest absolute Gasteiger partial charge is 0.306 e. The highest BCUT2D eigenvalue weighted by atomic mass is 16.5. The Morgan fingerprint density at radius 1 is 1.33 bits per heavy atom. The molecule has 90 valence electrons. The van der Waals surface area contributed by atoms with Crippen molar-refractivity contribution in [3.8, 4) is 0 Å². The zero-order chi connectivity index (χ0) is 11.8. The maximum atomic E-state index is 11.5. The van der Waals surface area contributed by atoms with Crippen LogP contribution in [-0.4, -0.2) is 18.6 Å². The highest BCUT2D eigenvalue weighted by molar-refractivity contribution is 5.69. The number of carbonyl (C=O) groups is 1. The van der Waals surface area contributed by atoms with Crippen molar-refractivity contribution in [1.29, 1.82) is 0 Å². The van der Waals surface area contributed by atoms with Crippen LogP contribution in [0.3, 0.4) is 0 Å². The van der Waals surface area contributed by atoms with Gasteiger partial charge in [-0.3, -0.25) is 4.79 Å². The summed E-state index contributed by atoms with van der Waals surface area (Å²) in [7, 11) is 0. The van der Waals surface area contributed by atoms with Crippen molar-refractivity contribution in [1.82, 2.24) is 0 Å². The first kappa shape index (κ1) is 14.4. The number of ether oxygens (including phenoxy) is 1. The van der Waals surface area contributed by atoms with E-state index >= 15 is 0 Å². The molecule has 0 radical (unpaired) electrons. The quantitative estimate of drug-likeness (QED) is 0.663. The zero-order valence-electron chi connectivity index (χ0n) is 10.5. The van der Waals surface area contributed by atoms with Crippen molar-refractivity contribution >= 4 is 5.97 Å². The molecule has 3 heteroatoms. The molecule has 2 unspecified atom stereocenters. The molecule has 0 saturated heterocycles. The Kier molecular flexibility index (Phi) is 7.39. The molecule has 0 fully saturated rings. The van der Waals surface area contributed by atoms with E-state index in [0.717, 1.165) is 12.8 Å². The average Bonchev–Trinajstić information content (AvgIpc) is 2.15. The second-order valence-corrected chi connectivity index (χ2v) is 4.64. The van der Waals surface area contributed by atoms with Crippen LogP contribution in [0.2, 0.25) is 0 Å². The molecule has 0 aromatic carbocycles. The Morgan fingerprint density at radius 2 is 1.93 bits per heavy atom. The van der Waals surface area contributed by atoms with Crippen LogP contribution in [-0.2, 0) is 9.53 Å². The lowest BCUT2D eigenvalue weighted by molar-refractivity contribution is -0.149. The van der Waals surface area contributed by atoms with E-state index in [2.05, 4.69) is 13.8 Å². The summed E-state index contributed by atoms with van der Waals surface area (Å²) >= 11 is 0. The third-order valence-corrected chi connectivity index (χ3v) is 2.50. The molecule has 0 saturated carbocycles. The maximum absolute atomic E-state index is 11.5. The summed E-state index contributed by atoms with van der Waals surface area (Å²) in [6, 6.07) is 0. The normalized spacial score (nSPS) is 15.1. The van der Waals surface area contributed by atoms with E-state index in [4.69, 9.17) is 10.5 Å². The van der Waals surface area contributed by atoms with Gasteiger partial charge in [0.15, 0.2) is 0 Å². The van der Waals surface area contributed by atoms with Gasteiger partial charge in [-0.05, 0) is 38.1 Å². The average molecular weight is 215 g/mol. The van der Waals surface area contributed by atoms with Crippen LogP contribution in [0.5, 0.6) is 0 Å². The Hall–Kier alpha value is -0.570. The lowest BCUT2D eigenvalue weighted by Gasteiger charge is -2.17. The molecule has 2 atom stereocenters. The van der Waals surface area contributed by atoms with Gasteiger partial charge in [0.1, 0.15) is 0 Å². The number of carbonyl (C=O) groups excluding carboxylic acids is 1. The van der Waals surface area contributed by atoms with Crippen LogP contribution in [0.15, 0.2) is 0 Å². The molecule has 0 heterocycles. The summed E-state index contributed by atoms with van der Waals surface area (Å²) in [4.78, 5) is 11.5. The minimum absolute atomic E-state index is 0.0231. The SMILES string of the molecule is CCC(C)OC(=O)CC(CN)CC(C)C. The Bertz CT molecular complexity index is 180. The highest BCUT2D eigenvalue weighted by Crippen LogP contribution is 2.15. The van der Waals surface area contributed by atoms with E-state index < -0.39 is 0 Å². The van der Waals surface area contributed by atoms with Gasteiger partial charge >= 0.3 is 5.97 Å². The van der Waals surface area contributed by atoms with Gasteiger partial charge in [0.05, 0.1) is 6.10 Å². The van der Waals surface area contributed by atoms with Gasteiger partial charge < -0.3 is 10.5 Å². The number of nitrogens with two attached hydrogens (primary N) is 1. The molecule has 0 rings (SSSR count). The van der Waals surface area contributed by atoms with Crippen molar-refractivity contribution in [2.45, 2.75) is 53.1 Å². The topological polar surface area (TPSA) is 52.3 Å². The monoisotopic (exact) mass is 215 g/mol. The van der Waals surface area contributed by atoms with Crippen molar-refractivity contribution in [2.75, 3.05) is 6.54 Å². The summed E-state index contributed by atoms with van der Waals surface area (Å²) < 4.78 is 5.22. The minimum atomic E-state index is -0.111. The molecular formula is C12H25NO2. The van der Waals surface area contributed by atoms with E-state index in [1.165, 1.54) is 0 Å². The number of esters is 1. The molecule has 0 spiro atoms. The van der Waals surface area contributed by atoms with Crippen LogP contribution >= 0.6 is 0 Å². The summed E-state index contributed by atoms with van der Waals surface area (Å²) in [5, 5.41) is 0. The predicted molar refractivity (Wildman–Crippen MR) is 62.5 cm³/mol. The second-order valence-electron chi connectivity index (χ2n) is 4.64. The lowest BCUT2D eigenvalue weighted by atomic mass is 9.94. The van der Waals surface area contributed by atoms with Gasteiger partial charge in [-0.2, -0.15) is 0 Å². The van der Waals surface area contributed by atoms with E-state index in [1.807, 2.05) is 13.8 Å². The maximum Gasteiger partial charge on any atom is 0.306 e. The number of rotatable bonds is 7. The molecule has 15 heavy (non-hydrogen) atoms. The number of hydrogen-bond acceptors (Lipinski definition) is 3. The van der Waals surface area contributed by atoms with Crippen molar-refractivity contribution in [2.24, 2.45) is 17.6 Å². The summed E-state index contributed by atoms with van der Waals surface area (Å²) in [5.41, 5.74) is 5.62. The van der Waals surface area contributed by atoms with Gasteiger partial charge in [0.2, 0.25) is 0 Å². The second kappa shape index (κ2) is 7.69. The molecule has 0 aliphatic heterocycles. The van der Waals surface area contributed by atoms with Gasteiger partial charge in [0, 0.05) is 6.42 Å². The van der Waals surface area contributed by atoms with E-state index in [1.54, 1.807) is 0 Å². The molecule has 0 bridgehead atoms. The van der Waals surface area contributed by atoms with Crippen LogP contribution in [0.25, 0.3) is 0 Å². The molecule has 0 amide bonds. The molecule has 0 aliphatic carbocycles. The highest BCUT2D eigenvalue weighted by Gasteiger charge is 2.16. The van der Waals surface area contributed by atoms with Gasteiger partial charge in [-0.25, -0.2) is 0 Å². The lowest BCUT2D eigenvalue weighted by Crippen LogP contribution is -2.23. The van der Waals surface area contributed by atoms with Gasteiger partial charge in [0.25, 0.3) is 0 Å².